The van der Waals surface area contributed by atoms with Gasteiger partial charge in [-0.3, -0.25) is 32.8 Å². The van der Waals surface area contributed by atoms with Crippen LogP contribution in [-0.4, -0.2) is 117 Å². The maximum absolute atomic E-state index is 13.3. The predicted octanol–water partition coefficient (Wildman–Crippen LogP) is 5.37. The van der Waals surface area contributed by atoms with Crippen molar-refractivity contribution in [3.63, 3.8) is 0 Å². The Kier molecular flexibility index (Phi) is 14.9. The summed E-state index contributed by atoms with van der Waals surface area (Å²) in [6.45, 7) is 11.5. The summed E-state index contributed by atoms with van der Waals surface area (Å²) in [5.41, 5.74) is 2.02. The van der Waals surface area contributed by atoms with E-state index in [0.29, 0.717) is 81.7 Å². The third-order valence-electron chi connectivity index (χ3n) is 13.3. The Morgan fingerprint density at radius 3 is 1.85 bits per heavy atom. The molecule has 2 aromatic heterocycles. The number of anilines is 2. The second-order valence-electron chi connectivity index (χ2n) is 18.9. The van der Waals surface area contributed by atoms with E-state index in [0.717, 1.165) is 12.1 Å². The van der Waals surface area contributed by atoms with Crippen molar-refractivity contribution in [2.45, 2.75) is 82.7 Å². The summed E-state index contributed by atoms with van der Waals surface area (Å²) in [7, 11) is -24.2. The van der Waals surface area contributed by atoms with Gasteiger partial charge in [0, 0.05) is 76.6 Å². The second-order valence-corrected chi connectivity index (χ2v) is 27.2. The van der Waals surface area contributed by atoms with Crippen molar-refractivity contribution in [3.05, 3.63) is 119 Å². The SMILES string of the molecule is CCN1C(=CC=C(C=CC2=[N+](CC)c3ccc4c(S(=O)(=O)O)cc(S(=O)(=O)O)cc4c3C2(C)C)c2ccc(C(=O)NCCC(=O)Nc3nnc(S(N)(=O)=O)s3)cn2)C(C)(C)c2c1ccc1c(S(=O)(=O)O)cc(S(=O)(=O)O)cc21. The molecule has 0 unspecified atom stereocenters. The summed E-state index contributed by atoms with van der Waals surface area (Å²) < 4.78 is 166. The number of nitrogens with two attached hydrogens (primary N) is 1. The quantitative estimate of drug-likeness (QED) is 0.0277. The number of benzene rings is 4. The standard InChI is InChI=1S/C48H48N8O16S6/c1-7-55-35-15-12-30-32(21-28(75(61,62)63)23-37(30)77(67,68)69)42(35)47(3,4)39(55)17-10-26(34-14-9-27(25-51-34)44(58)50-20-19-41(57)52-45-53-54-46(73-45)74(49,59)60)11-18-40-48(5,6)43-33-22-29(76(64,65)66)24-38(78(70,71)72)31(33)13-16-36(43)56(40)8-2/h9-18,21-25H,7-8,19-20H2,1-6H3,(H7-,49,50,52,53,57,58,59,60,61,62,63,64,65,66,67,68,69,70,71,72)/p+1. The molecule has 0 spiro atoms. The van der Waals surface area contributed by atoms with Crippen LogP contribution in [-0.2, 0) is 66.1 Å². The summed E-state index contributed by atoms with van der Waals surface area (Å²) >= 11 is 0.545. The van der Waals surface area contributed by atoms with Crippen LogP contribution in [0.5, 0.6) is 0 Å². The van der Waals surface area contributed by atoms with Crippen LogP contribution < -0.4 is 20.7 Å². The van der Waals surface area contributed by atoms with Gasteiger partial charge in [-0.1, -0.05) is 37.3 Å². The molecule has 2 aliphatic heterocycles. The van der Waals surface area contributed by atoms with Crippen LogP contribution >= 0.6 is 11.3 Å². The predicted molar refractivity (Wildman–Crippen MR) is 288 cm³/mol. The van der Waals surface area contributed by atoms with Crippen molar-refractivity contribution < 1.29 is 74.5 Å². The van der Waals surface area contributed by atoms with Gasteiger partial charge in [0.1, 0.15) is 16.3 Å². The Morgan fingerprint density at radius 2 is 1.33 bits per heavy atom. The van der Waals surface area contributed by atoms with Gasteiger partial charge in [0.25, 0.3) is 56.4 Å². The number of aromatic nitrogens is 3. The van der Waals surface area contributed by atoms with Crippen molar-refractivity contribution in [2.24, 2.45) is 5.14 Å². The molecule has 4 heterocycles. The molecule has 0 bridgehead atoms. The molecule has 8 rings (SSSR count). The van der Waals surface area contributed by atoms with Gasteiger partial charge >= 0.3 is 0 Å². The lowest BCUT2D eigenvalue weighted by atomic mass is 9.79. The lowest BCUT2D eigenvalue weighted by molar-refractivity contribution is -0.433. The zero-order chi connectivity index (χ0) is 57.5. The molecular weight excluding hydrogens is 1140 g/mol. The van der Waals surface area contributed by atoms with Crippen LogP contribution in [0, 0.1) is 0 Å². The van der Waals surface area contributed by atoms with E-state index in [4.69, 9.17) is 5.14 Å². The number of sulfonamides is 1. The molecule has 0 saturated heterocycles. The minimum absolute atomic E-state index is 0.00663. The largest absolute Gasteiger partial charge is 0.351 e. The molecule has 6 aromatic rings. The summed E-state index contributed by atoms with van der Waals surface area (Å²) in [6.07, 6.45) is 8.04. The normalized spacial score (nSPS) is 16.4. The molecule has 24 nitrogen and oxygen atoms in total. The van der Waals surface area contributed by atoms with Crippen molar-refractivity contribution in [1.82, 2.24) is 20.5 Å². The van der Waals surface area contributed by atoms with Crippen molar-refractivity contribution >= 4 is 123 Å². The van der Waals surface area contributed by atoms with Crippen LogP contribution in [0.2, 0.25) is 0 Å². The minimum atomic E-state index is -5.02. The Labute approximate surface area is 452 Å². The van der Waals surface area contributed by atoms with Gasteiger partial charge in [-0.05, 0) is 105 Å². The first-order valence-electron chi connectivity index (χ1n) is 23.1. The van der Waals surface area contributed by atoms with E-state index in [2.05, 4.69) is 25.8 Å². The van der Waals surface area contributed by atoms with Crippen molar-refractivity contribution in [1.29, 1.82) is 0 Å². The number of pyridine rings is 1. The first kappa shape index (κ1) is 57.5. The third kappa shape index (κ3) is 10.9. The van der Waals surface area contributed by atoms with Crippen LogP contribution in [0.25, 0.3) is 27.1 Å². The van der Waals surface area contributed by atoms with Crippen molar-refractivity contribution in [2.75, 3.05) is 29.9 Å². The van der Waals surface area contributed by atoms with Gasteiger partial charge in [0.05, 0.1) is 26.5 Å². The van der Waals surface area contributed by atoms with Gasteiger partial charge < -0.3 is 15.5 Å². The smallest absolute Gasteiger partial charge is 0.295 e. The van der Waals surface area contributed by atoms with Gasteiger partial charge in [0.15, 0.2) is 5.71 Å². The Morgan fingerprint density at radius 1 is 0.744 bits per heavy atom. The number of hydrogen-bond acceptors (Lipinski definition) is 17. The summed E-state index contributed by atoms with van der Waals surface area (Å²) in [5.74, 6) is -1.22. The average Bonchev–Trinajstić information content (AvgIpc) is 4.19. The molecular formula is C48H49N8O16S6+. The number of rotatable bonds is 16. The second kappa shape index (κ2) is 20.2. The number of fused-ring (bicyclic) bond motifs is 6. The van der Waals surface area contributed by atoms with E-state index < -0.39 is 97.1 Å². The highest BCUT2D eigenvalue weighted by atomic mass is 32.3. The Hall–Kier alpha value is -6.71. The lowest BCUT2D eigenvalue weighted by Crippen LogP contribution is -2.28. The van der Waals surface area contributed by atoms with E-state index in [-0.39, 0.29) is 45.2 Å². The summed E-state index contributed by atoms with van der Waals surface area (Å²) in [6, 6.07) is 12.8. The summed E-state index contributed by atoms with van der Waals surface area (Å²) in [5, 5.41) is 17.2. The van der Waals surface area contributed by atoms with Crippen molar-refractivity contribution in [3.8, 4) is 0 Å². The van der Waals surface area contributed by atoms with Gasteiger partial charge in [-0.15, -0.1) is 10.2 Å². The highest BCUT2D eigenvalue weighted by molar-refractivity contribution is 7.91. The molecule has 78 heavy (non-hydrogen) atoms. The van der Waals surface area contributed by atoms with Crippen LogP contribution in [0.15, 0.2) is 121 Å². The topological polar surface area (TPSA) is 381 Å². The molecule has 2 aliphatic rings. The van der Waals surface area contributed by atoms with E-state index in [1.54, 1.807) is 42.5 Å². The Balaban J connectivity index is 1.22. The fourth-order valence-corrected chi connectivity index (χ4v) is 13.9. The fraction of sp³-hybridized carbons (Fsp3) is 0.250. The molecule has 0 radical (unpaired) electrons. The number of nitrogens with zero attached hydrogens (tertiary/aromatic N) is 5. The van der Waals surface area contributed by atoms with Gasteiger partial charge in [-0.25, -0.2) is 13.6 Å². The van der Waals surface area contributed by atoms with Gasteiger partial charge in [0.2, 0.25) is 21.1 Å². The molecule has 0 aliphatic carbocycles. The molecule has 0 fully saturated rings. The van der Waals surface area contributed by atoms with E-state index in [9.17, 15) is 69.9 Å². The maximum Gasteiger partial charge on any atom is 0.295 e. The molecule has 412 valence electrons. The van der Waals surface area contributed by atoms with Gasteiger partial charge in [-0.2, -0.15) is 38.2 Å². The number of primary sulfonamides is 1. The first-order valence-corrected chi connectivity index (χ1v) is 31.3. The number of hydrogen-bond donors (Lipinski definition) is 7. The first-order chi connectivity index (χ1) is 36.1. The lowest BCUT2D eigenvalue weighted by Gasteiger charge is -2.26. The molecule has 2 amide bonds. The number of nitrogens with one attached hydrogen (secondary N) is 2. The number of carbonyl (C=O) groups is 2. The van der Waals surface area contributed by atoms with E-state index in [1.165, 1.54) is 24.4 Å². The molecule has 0 atom stereocenters. The zero-order valence-electron chi connectivity index (χ0n) is 41.9. The molecule has 4 aromatic carbocycles. The Bertz CT molecular complexity index is 4300. The van der Waals surface area contributed by atoms with E-state index >= 15 is 0 Å². The highest BCUT2D eigenvalue weighted by Gasteiger charge is 2.46. The van der Waals surface area contributed by atoms with E-state index in [1.807, 2.05) is 51.0 Å². The summed E-state index contributed by atoms with van der Waals surface area (Å²) in [4.78, 5) is 29.4. The number of allylic oxidation sites excluding steroid dienone is 6. The monoisotopic (exact) mass is 1190 g/mol. The number of amides is 2. The molecule has 30 heteroatoms. The van der Waals surface area contributed by atoms with Crippen LogP contribution in [0.4, 0.5) is 16.5 Å². The average molecular weight is 1190 g/mol. The number of carbonyl (C=O) groups excluding carboxylic acids is 2. The number of likely N-dealkylation sites (N-methyl/N-ethyl adjacent to an activating group) is 1. The third-order valence-corrected chi connectivity index (χ3v) is 18.9. The molecule has 8 N–H and O–H groups in total. The van der Waals surface area contributed by atoms with Crippen LogP contribution in [0.3, 0.4) is 0 Å². The minimum Gasteiger partial charge on any atom is -0.351 e. The van der Waals surface area contributed by atoms with Crippen LogP contribution in [0.1, 0.15) is 75.1 Å². The maximum atomic E-state index is 13.3. The molecule has 0 saturated carbocycles. The zero-order valence-corrected chi connectivity index (χ0v) is 46.8. The fourth-order valence-electron chi connectivity index (χ4n) is 9.90. The highest BCUT2D eigenvalue weighted by Crippen LogP contribution is 2.52.